The molecule has 1 heterocycles. The number of fused-ring (bicyclic) bond motifs is 1. The molecule has 1 amide bonds. The van der Waals surface area contributed by atoms with Crippen LogP contribution in [0.5, 0.6) is 0 Å². The number of carbonyl (C=O) groups excluding carboxylic acids is 1. The van der Waals surface area contributed by atoms with Crippen molar-refractivity contribution < 1.29 is 4.79 Å². The van der Waals surface area contributed by atoms with E-state index in [1.807, 2.05) is 52.0 Å². The Kier molecular flexibility index (Phi) is 2.69. The van der Waals surface area contributed by atoms with Crippen molar-refractivity contribution in [2.45, 2.75) is 33.2 Å². The largest absolute Gasteiger partial charge is 0.350 e. The average Bonchev–Trinajstić information content (AvgIpc) is 2.55. The summed E-state index contributed by atoms with van der Waals surface area (Å²) in [6.07, 6.45) is 0. The summed E-state index contributed by atoms with van der Waals surface area (Å²) in [7, 11) is 0. The van der Waals surface area contributed by atoms with E-state index >= 15 is 0 Å². The Bertz CT molecular complexity index is 561. The third-order valence-corrected chi connectivity index (χ3v) is 2.68. The number of H-pyrrole nitrogens is 1. The Labute approximate surface area is 101 Å². The molecule has 2 rings (SSSR count). The Balaban J connectivity index is 2.43. The summed E-state index contributed by atoms with van der Waals surface area (Å²) in [5, 5.41) is 4.07. The van der Waals surface area contributed by atoms with Crippen molar-refractivity contribution in [1.29, 1.82) is 0 Å². The first kappa shape index (κ1) is 11.7. The molecule has 0 bridgehead atoms. The molecule has 3 nitrogen and oxygen atoms in total. The van der Waals surface area contributed by atoms with Crippen LogP contribution in [0.15, 0.2) is 24.3 Å². The van der Waals surface area contributed by atoms with E-state index in [-0.39, 0.29) is 11.4 Å². The molecule has 0 unspecified atom stereocenters. The number of benzene rings is 1. The van der Waals surface area contributed by atoms with Gasteiger partial charge in [0, 0.05) is 16.4 Å². The van der Waals surface area contributed by atoms with Gasteiger partial charge in [0.25, 0.3) is 5.91 Å². The lowest BCUT2D eigenvalue weighted by Gasteiger charge is -2.20. The molecule has 2 aromatic rings. The summed E-state index contributed by atoms with van der Waals surface area (Å²) in [6.45, 7) is 7.89. The van der Waals surface area contributed by atoms with Crippen molar-refractivity contribution in [2.75, 3.05) is 0 Å². The van der Waals surface area contributed by atoms with Crippen LogP contribution in [-0.2, 0) is 0 Å². The lowest BCUT2D eigenvalue weighted by molar-refractivity contribution is 0.0914. The number of hydrogen-bond donors (Lipinski definition) is 2. The highest BCUT2D eigenvalue weighted by atomic mass is 16.2. The van der Waals surface area contributed by atoms with Gasteiger partial charge >= 0.3 is 0 Å². The van der Waals surface area contributed by atoms with Gasteiger partial charge in [-0.3, -0.25) is 4.79 Å². The topological polar surface area (TPSA) is 44.9 Å². The van der Waals surface area contributed by atoms with Crippen molar-refractivity contribution in [1.82, 2.24) is 10.3 Å². The fraction of sp³-hybridized carbons (Fsp3) is 0.357. The van der Waals surface area contributed by atoms with E-state index in [9.17, 15) is 4.79 Å². The van der Waals surface area contributed by atoms with Crippen LogP contribution in [0.3, 0.4) is 0 Å². The zero-order valence-corrected chi connectivity index (χ0v) is 10.7. The van der Waals surface area contributed by atoms with Gasteiger partial charge in [-0.05, 0) is 39.3 Å². The number of hydrogen-bond acceptors (Lipinski definition) is 1. The highest BCUT2D eigenvalue weighted by Gasteiger charge is 2.19. The number of rotatable bonds is 1. The Morgan fingerprint density at radius 3 is 2.47 bits per heavy atom. The Hall–Kier alpha value is -1.77. The maximum atomic E-state index is 12.1. The highest BCUT2D eigenvalue weighted by Crippen LogP contribution is 2.21. The van der Waals surface area contributed by atoms with Gasteiger partial charge in [-0.25, -0.2) is 0 Å². The lowest BCUT2D eigenvalue weighted by atomic mass is 10.1. The first-order chi connectivity index (χ1) is 7.88. The second-order valence-electron chi connectivity index (χ2n) is 5.37. The number of para-hydroxylation sites is 1. The van der Waals surface area contributed by atoms with Crippen LogP contribution in [0, 0.1) is 6.92 Å². The Morgan fingerprint density at radius 1 is 1.24 bits per heavy atom. The van der Waals surface area contributed by atoms with Crippen molar-refractivity contribution >= 4 is 16.8 Å². The van der Waals surface area contributed by atoms with Crippen LogP contribution in [-0.4, -0.2) is 16.4 Å². The predicted molar refractivity (Wildman–Crippen MR) is 70.3 cm³/mol. The highest BCUT2D eigenvalue weighted by molar-refractivity contribution is 6.01. The third-order valence-electron chi connectivity index (χ3n) is 2.68. The summed E-state index contributed by atoms with van der Waals surface area (Å²) >= 11 is 0. The SMILES string of the molecule is Cc1c(C(=O)NC(C)(C)C)[nH]c2ccccc12. The van der Waals surface area contributed by atoms with Crippen molar-refractivity contribution in [2.24, 2.45) is 0 Å². The van der Waals surface area contributed by atoms with E-state index in [1.54, 1.807) is 0 Å². The molecule has 1 aromatic heterocycles. The van der Waals surface area contributed by atoms with Gasteiger partial charge < -0.3 is 10.3 Å². The van der Waals surface area contributed by atoms with E-state index in [1.165, 1.54) is 0 Å². The quantitative estimate of drug-likeness (QED) is 0.777. The Morgan fingerprint density at radius 2 is 1.88 bits per heavy atom. The van der Waals surface area contributed by atoms with E-state index in [2.05, 4.69) is 10.3 Å². The molecule has 17 heavy (non-hydrogen) atoms. The van der Waals surface area contributed by atoms with Crippen molar-refractivity contribution in [3.63, 3.8) is 0 Å². The molecule has 0 aliphatic carbocycles. The molecule has 0 atom stereocenters. The lowest BCUT2D eigenvalue weighted by Crippen LogP contribution is -2.40. The molecule has 0 saturated carbocycles. The summed E-state index contributed by atoms with van der Waals surface area (Å²) < 4.78 is 0. The molecule has 0 aliphatic rings. The van der Waals surface area contributed by atoms with E-state index in [0.717, 1.165) is 16.5 Å². The van der Waals surface area contributed by atoms with Crippen LogP contribution >= 0.6 is 0 Å². The smallest absolute Gasteiger partial charge is 0.268 e. The number of amides is 1. The van der Waals surface area contributed by atoms with Crippen LogP contribution in [0.25, 0.3) is 10.9 Å². The molecular formula is C14H18N2O. The van der Waals surface area contributed by atoms with Crippen LogP contribution < -0.4 is 5.32 Å². The number of aromatic amines is 1. The summed E-state index contributed by atoms with van der Waals surface area (Å²) in [5.74, 6) is -0.0498. The van der Waals surface area contributed by atoms with Crippen LogP contribution in [0.2, 0.25) is 0 Å². The standard InChI is InChI=1S/C14H18N2O/c1-9-10-7-5-6-8-11(10)15-12(9)13(17)16-14(2,3)4/h5-8,15H,1-4H3,(H,16,17). The fourth-order valence-electron chi connectivity index (χ4n) is 1.91. The summed E-state index contributed by atoms with van der Waals surface area (Å²) in [4.78, 5) is 15.3. The summed E-state index contributed by atoms with van der Waals surface area (Å²) in [5.41, 5.74) is 2.44. The van der Waals surface area contributed by atoms with Crippen LogP contribution in [0.4, 0.5) is 0 Å². The monoisotopic (exact) mass is 230 g/mol. The number of carbonyl (C=O) groups is 1. The molecule has 90 valence electrons. The van der Waals surface area contributed by atoms with E-state index < -0.39 is 0 Å². The molecule has 3 heteroatoms. The molecule has 0 spiro atoms. The first-order valence-electron chi connectivity index (χ1n) is 5.78. The molecular weight excluding hydrogens is 212 g/mol. The molecule has 0 radical (unpaired) electrons. The molecule has 0 aliphatic heterocycles. The van der Waals surface area contributed by atoms with E-state index in [0.29, 0.717) is 5.69 Å². The third kappa shape index (κ3) is 2.33. The second-order valence-corrected chi connectivity index (χ2v) is 5.37. The van der Waals surface area contributed by atoms with Crippen LogP contribution in [0.1, 0.15) is 36.8 Å². The molecule has 1 aromatic carbocycles. The second kappa shape index (κ2) is 3.91. The zero-order valence-electron chi connectivity index (χ0n) is 10.7. The van der Waals surface area contributed by atoms with Crippen molar-refractivity contribution in [3.8, 4) is 0 Å². The summed E-state index contributed by atoms with van der Waals surface area (Å²) in [6, 6.07) is 7.95. The minimum atomic E-state index is -0.221. The van der Waals surface area contributed by atoms with Gasteiger partial charge in [0.2, 0.25) is 0 Å². The van der Waals surface area contributed by atoms with Gasteiger partial charge in [0.05, 0.1) is 0 Å². The van der Waals surface area contributed by atoms with Gasteiger partial charge in [-0.15, -0.1) is 0 Å². The minimum Gasteiger partial charge on any atom is -0.350 e. The van der Waals surface area contributed by atoms with Crippen molar-refractivity contribution in [3.05, 3.63) is 35.5 Å². The zero-order chi connectivity index (χ0) is 12.6. The van der Waals surface area contributed by atoms with Gasteiger partial charge in [0.1, 0.15) is 5.69 Å². The average molecular weight is 230 g/mol. The number of aromatic nitrogens is 1. The maximum absolute atomic E-state index is 12.1. The molecule has 0 saturated heterocycles. The predicted octanol–water partition coefficient (Wildman–Crippen LogP) is 3.00. The fourth-order valence-corrected chi connectivity index (χ4v) is 1.91. The number of nitrogens with one attached hydrogen (secondary N) is 2. The molecule has 2 N–H and O–H groups in total. The maximum Gasteiger partial charge on any atom is 0.268 e. The van der Waals surface area contributed by atoms with Gasteiger partial charge in [-0.2, -0.15) is 0 Å². The number of aryl methyl sites for hydroxylation is 1. The molecule has 0 fully saturated rings. The van der Waals surface area contributed by atoms with Gasteiger partial charge in [0.15, 0.2) is 0 Å². The normalized spacial score (nSPS) is 11.8. The minimum absolute atomic E-state index is 0.0498. The van der Waals surface area contributed by atoms with E-state index in [4.69, 9.17) is 0 Å². The van der Waals surface area contributed by atoms with Gasteiger partial charge in [-0.1, -0.05) is 18.2 Å². The first-order valence-corrected chi connectivity index (χ1v) is 5.78.